The Morgan fingerprint density at radius 2 is 1.80 bits per heavy atom. The third kappa shape index (κ3) is 2.69. The first-order valence-corrected chi connectivity index (χ1v) is 8.27. The number of ether oxygens (including phenoxy) is 1. The minimum Gasteiger partial charge on any atom is -0.373 e. The first-order chi connectivity index (χ1) is 9.15. The molecule has 7 nitrogen and oxygen atoms in total. The average Bonchev–Trinajstić information content (AvgIpc) is 2.31. The van der Waals surface area contributed by atoms with Crippen LogP contribution in [-0.4, -0.2) is 66.9 Å². The molecule has 0 saturated carbocycles. The lowest BCUT2D eigenvalue weighted by Crippen LogP contribution is -2.66. The van der Waals surface area contributed by atoms with Crippen molar-refractivity contribution in [2.45, 2.75) is 45.4 Å². The fourth-order valence-corrected chi connectivity index (χ4v) is 4.80. The van der Waals surface area contributed by atoms with Crippen LogP contribution >= 0.6 is 0 Å². The monoisotopic (exact) mass is 305 g/mol. The molecule has 0 spiro atoms. The van der Waals surface area contributed by atoms with Crippen LogP contribution in [0.1, 0.15) is 27.7 Å². The molecule has 0 radical (unpaired) electrons. The van der Waals surface area contributed by atoms with E-state index in [-0.39, 0.29) is 18.1 Å². The Morgan fingerprint density at radius 3 is 2.35 bits per heavy atom. The second-order valence-electron chi connectivity index (χ2n) is 5.97. The van der Waals surface area contributed by atoms with Crippen molar-refractivity contribution in [1.29, 1.82) is 0 Å². The highest BCUT2D eigenvalue weighted by molar-refractivity contribution is 7.86. The van der Waals surface area contributed by atoms with Gasteiger partial charge in [0.05, 0.1) is 12.2 Å². The van der Waals surface area contributed by atoms with E-state index < -0.39 is 15.7 Å². The molecule has 116 valence electrons. The quantitative estimate of drug-likeness (QED) is 0.749. The zero-order valence-corrected chi connectivity index (χ0v) is 13.2. The van der Waals surface area contributed by atoms with Gasteiger partial charge in [0, 0.05) is 26.2 Å². The molecule has 0 aliphatic carbocycles. The predicted molar refractivity (Wildman–Crippen MR) is 74.3 cm³/mol. The van der Waals surface area contributed by atoms with Crippen LogP contribution in [0.25, 0.3) is 0 Å². The molecule has 0 aromatic heterocycles. The molecule has 0 bridgehead atoms. The van der Waals surface area contributed by atoms with Crippen LogP contribution in [0.5, 0.6) is 0 Å². The van der Waals surface area contributed by atoms with Gasteiger partial charge in [-0.05, 0) is 27.7 Å². The Hall–Kier alpha value is -0.700. The van der Waals surface area contributed by atoms with Crippen LogP contribution in [0.15, 0.2) is 0 Å². The summed E-state index contributed by atoms with van der Waals surface area (Å²) >= 11 is 0. The topological polar surface area (TPSA) is 79.0 Å². The van der Waals surface area contributed by atoms with Crippen molar-refractivity contribution in [3.8, 4) is 0 Å². The molecule has 1 N–H and O–H groups in total. The minimum atomic E-state index is -3.67. The summed E-state index contributed by atoms with van der Waals surface area (Å²) < 4.78 is 33.9. The molecule has 0 aromatic carbocycles. The number of nitrogens with zero attached hydrogens (tertiary/aromatic N) is 2. The highest BCUT2D eigenvalue weighted by Crippen LogP contribution is 2.26. The van der Waals surface area contributed by atoms with Gasteiger partial charge in [-0.15, -0.1) is 0 Å². The second kappa shape index (κ2) is 5.25. The molecule has 2 saturated heterocycles. The molecule has 2 unspecified atom stereocenters. The smallest absolute Gasteiger partial charge is 0.283 e. The minimum absolute atomic E-state index is 0.143. The summed E-state index contributed by atoms with van der Waals surface area (Å²) in [4.78, 5) is 11.9. The number of morpholine rings is 1. The van der Waals surface area contributed by atoms with Gasteiger partial charge in [-0.3, -0.25) is 4.79 Å². The largest absolute Gasteiger partial charge is 0.373 e. The molecular weight excluding hydrogens is 282 g/mol. The maximum Gasteiger partial charge on any atom is 0.283 e. The number of nitrogens with one attached hydrogen (secondary N) is 1. The Kier molecular flexibility index (Phi) is 4.12. The first-order valence-electron chi connectivity index (χ1n) is 6.87. The highest BCUT2D eigenvalue weighted by atomic mass is 32.2. The summed E-state index contributed by atoms with van der Waals surface area (Å²) in [5.74, 6) is -0.262. The van der Waals surface area contributed by atoms with E-state index in [0.29, 0.717) is 26.2 Å². The Morgan fingerprint density at radius 1 is 1.25 bits per heavy atom. The molecule has 2 heterocycles. The van der Waals surface area contributed by atoms with Gasteiger partial charge < -0.3 is 10.1 Å². The second-order valence-corrected chi connectivity index (χ2v) is 7.82. The van der Waals surface area contributed by atoms with Crippen LogP contribution in [0, 0.1) is 0 Å². The van der Waals surface area contributed by atoms with E-state index in [2.05, 4.69) is 5.32 Å². The normalized spacial score (nSPS) is 32.9. The van der Waals surface area contributed by atoms with Gasteiger partial charge in [0.15, 0.2) is 0 Å². The van der Waals surface area contributed by atoms with Gasteiger partial charge in [-0.25, -0.2) is 0 Å². The summed E-state index contributed by atoms with van der Waals surface area (Å²) in [6.07, 6.45) is -0.287. The molecule has 20 heavy (non-hydrogen) atoms. The van der Waals surface area contributed by atoms with Crippen LogP contribution < -0.4 is 5.32 Å². The molecule has 2 rings (SSSR count). The Labute approximate surface area is 120 Å². The average molecular weight is 305 g/mol. The van der Waals surface area contributed by atoms with Crippen molar-refractivity contribution >= 4 is 16.1 Å². The first kappa shape index (κ1) is 15.7. The molecule has 2 aliphatic heterocycles. The van der Waals surface area contributed by atoms with E-state index in [1.807, 2.05) is 13.8 Å². The number of amides is 1. The molecule has 8 heteroatoms. The van der Waals surface area contributed by atoms with E-state index in [0.717, 1.165) is 0 Å². The zero-order valence-electron chi connectivity index (χ0n) is 12.4. The van der Waals surface area contributed by atoms with Gasteiger partial charge in [0.1, 0.15) is 5.54 Å². The summed E-state index contributed by atoms with van der Waals surface area (Å²) in [5.41, 5.74) is -1.07. The van der Waals surface area contributed by atoms with E-state index in [1.54, 1.807) is 13.8 Å². The standard InChI is InChI=1S/C12H23N3O4S/c1-9-7-14(8-10(2)19-9)20(17,18)15-6-5-13-11(16)12(15,3)4/h9-10H,5-8H2,1-4H3,(H,13,16). The number of piperazine rings is 1. The van der Waals surface area contributed by atoms with Crippen LogP contribution in [0.4, 0.5) is 0 Å². The molecular formula is C12H23N3O4S. The summed E-state index contributed by atoms with van der Waals surface area (Å²) in [5, 5.41) is 2.71. The van der Waals surface area contributed by atoms with E-state index in [1.165, 1.54) is 8.61 Å². The summed E-state index contributed by atoms with van der Waals surface area (Å²) in [7, 11) is -3.67. The summed E-state index contributed by atoms with van der Waals surface area (Å²) in [6, 6.07) is 0. The van der Waals surface area contributed by atoms with Crippen molar-refractivity contribution in [2.24, 2.45) is 0 Å². The van der Waals surface area contributed by atoms with E-state index in [9.17, 15) is 13.2 Å². The van der Waals surface area contributed by atoms with Crippen LogP contribution in [0.3, 0.4) is 0 Å². The number of carbonyl (C=O) groups is 1. The highest BCUT2D eigenvalue weighted by Gasteiger charge is 2.47. The summed E-state index contributed by atoms with van der Waals surface area (Å²) in [6.45, 7) is 8.25. The van der Waals surface area contributed by atoms with Gasteiger partial charge in [-0.1, -0.05) is 0 Å². The SMILES string of the molecule is CC1CN(S(=O)(=O)N2CCNC(=O)C2(C)C)CC(C)O1. The maximum absolute atomic E-state index is 12.8. The fraction of sp³-hybridized carbons (Fsp3) is 0.917. The van der Waals surface area contributed by atoms with Gasteiger partial charge in [0.25, 0.3) is 10.2 Å². The van der Waals surface area contributed by atoms with Crippen LogP contribution in [-0.2, 0) is 19.7 Å². The van der Waals surface area contributed by atoms with Gasteiger partial charge >= 0.3 is 0 Å². The maximum atomic E-state index is 12.8. The van der Waals surface area contributed by atoms with Crippen molar-refractivity contribution in [1.82, 2.24) is 13.9 Å². The van der Waals surface area contributed by atoms with Crippen LogP contribution in [0.2, 0.25) is 0 Å². The lowest BCUT2D eigenvalue weighted by Gasteiger charge is -2.44. The van der Waals surface area contributed by atoms with Crippen molar-refractivity contribution in [2.75, 3.05) is 26.2 Å². The van der Waals surface area contributed by atoms with E-state index in [4.69, 9.17) is 4.74 Å². The lowest BCUT2D eigenvalue weighted by atomic mass is 10.0. The van der Waals surface area contributed by atoms with Gasteiger partial charge in [0.2, 0.25) is 5.91 Å². The third-order valence-electron chi connectivity index (χ3n) is 3.77. The Balaban J connectivity index is 2.27. The number of hydrogen-bond donors (Lipinski definition) is 1. The molecule has 1 amide bonds. The zero-order chi connectivity index (χ0) is 15.1. The lowest BCUT2D eigenvalue weighted by molar-refractivity contribution is -0.131. The molecule has 0 aromatic rings. The number of carbonyl (C=O) groups excluding carboxylic acids is 1. The molecule has 2 aliphatic rings. The third-order valence-corrected chi connectivity index (χ3v) is 5.92. The Bertz CT molecular complexity index is 481. The van der Waals surface area contributed by atoms with Gasteiger partial charge in [-0.2, -0.15) is 17.0 Å². The molecule has 2 fully saturated rings. The predicted octanol–water partition coefficient (Wildman–Crippen LogP) is -0.449. The molecule has 2 atom stereocenters. The van der Waals surface area contributed by atoms with Crippen molar-refractivity contribution < 1.29 is 17.9 Å². The van der Waals surface area contributed by atoms with E-state index >= 15 is 0 Å². The number of rotatable bonds is 2. The number of hydrogen-bond acceptors (Lipinski definition) is 4. The van der Waals surface area contributed by atoms with Crippen molar-refractivity contribution in [3.05, 3.63) is 0 Å². The van der Waals surface area contributed by atoms with Crippen molar-refractivity contribution in [3.63, 3.8) is 0 Å². The fourth-order valence-electron chi connectivity index (χ4n) is 2.74.